The largest absolute Gasteiger partial charge is 0.453 e. The molecule has 6 rings (SSSR count). The second-order valence-corrected chi connectivity index (χ2v) is 13.6. The Morgan fingerprint density at radius 3 is 2.51 bits per heavy atom. The number of nitrogens with one attached hydrogen (secondary N) is 2. The highest BCUT2D eigenvalue weighted by Gasteiger charge is 2.40. The fourth-order valence-electron chi connectivity index (χ4n) is 6.46. The molecule has 2 aromatic carbocycles. The van der Waals surface area contributed by atoms with E-state index >= 15 is 0 Å². The monoisotopic (exact) mass is 653 g/mol. The maximum atomic E-state index is 14.0. The van der Waals surface area contributed by atoms with Crippen molar-refractivity contribution >= 4 is 29.3 Å². The first-order valence-corrected chi connectivity index (χ1v) is 15.7. The number of fused-ring (bicyclic) bond motifs is 2. The van der Waals surface area contributed by atoms with Crippen molar-refractivity contribution in [1.82, 2.24) is 14.9 Å². The van der Waals surface area contributed by atoms with E-state index in [1.807, 2.05) is 32.9 Å². The van der Waals surface area contributed by atoms with Crippen molar-refractivity contribution in [2.24, 2.45) is 0 Å². The number of carbonyl (C=O) groups is 2. The van der Waals surface area contributed by atoms with E-state index in [0.717, 1.165) is 22.9 Å². The first kappa shape index (κ1) is 32.4. The van der Waals surface area contributed by atoms with Crippen LogP contribution in [0.3, 0.4) is 0 Å². The Balaban J connectivity index is 1.21. The van der Waals surface area contributed by atoms with Gasteiger partial charge in [0.1, 0.15) is 5.60 Å². The summed E-state index contributed by atoms with van der Waals surface area (Å²) in [5.41, 5.74) is 1.19. The number of aryl methyl sites for hydroxylation is 2. The van der Waals surface area contributed by atoms with E-state index in [2.05, 4.69) is 20.6 Å². The third kappa shape index (κ3) is 6.52. The van der Waals surface area contributed by atoms with Crippen LogP contribution in [0.4, 0.5) is 35.3 Å². The number of benzene rings is 2. The number of carbonyl (C=O) groups excluding carboxylic acids is 2. The molecule has 0 radical (unpaired) electrons. The number of alkyl halides is 3. The van der Waals surface area contributed by atoms with E-state index in [-0.39, 0.29) is 49.2 Å². The minimum absolute atomic E-state index is 0.00793. The van der Waals surface area contributed by atoms with Gasteiger partial charge >= 0.3 is 12.3 Å². The predicted octanol–water partition coefficient (Wildman–Crippen LogP) is 7.10. The zero-order valence-corrected chi connectivity index (χ0v) is 27.0. The van der Waals surface area contributed by atoms with Crippen LogP contribution in [0.15, 0.2) is 36.5 Å². The number of rotatable bonds is 6. The lowest BCUT2D eigenvalue weighted by molar-refractivity contribution is -0.138. The second kappa shape index (κ2) is 11.9. The smallest absolute Gasteiger partial charge is 0.419 e. The van der Waals surface area contributed by atoms with Gasteiger partial charge in [0.2, 0.25) is 18.6 Å². The van der Waals surface area contributed by atoms with Crippen LogP contribution in [0, 0.1) is 0 Å². The molecule has 0 bridgehead atoms. The van der Waals surface area contributed by atoms with Crippen molar-refractivity contribution in [3.8, 4) is 11.5 Å². The lowest BCUT2D eigenvalue weighted by Crippen LogP contribution is -2.41. The molecule has 0 saturated carbocycles. The number of hydrogen-bond acceptors (Lipinski definition) is 8. The topological polar surface area (TPSA) is 115 Å². The van der Waals surface area contributed by atoms with Crippen molar-refractivity contribution in [2.45, 2.75) is 83.4 Å². The molecule has 3 aliphatic heterocycles. The number of amides is 2. The van der Waals surface area contributed by atoms with E-state index in [1.54, 1.807) is 36.9 Å². The van der Waals surface area contributed by atoms with Gasteiger partial charge in [-0.1, -0.05) is 18.2 Å². The lowest BCUT2D eigenvalue weighted by atomic mass is 9.82. The molecule has 0 atom stereocenters. The molecule has 1 fully saturated rings. The molecule has 1 saturated heterocycles. The molecular formula is C34H38F3N5O5. The van der Waals surface area contributed by atoms with Crippen molar-refractivity contribution in [1.29, 1.82) is 0 Å². The summed E-state index contributed by atoms with van der Waals surface area (Å²) in [5.74, 6) is 0.935. The molecule has 0 unspecified atom stereocenters. The summed E-state index contributed by atoms with van der Waals surface area (Å²) in [6, 6.07) is 9.09. The molecule has 13 heteroatoms. The average molecular weight is 654 g/mol. The number of aromatic nitrogens is 2. The van der Waals surface area contributed by atoms with E-state index in [1.165, 1.54) is 0 Å². The highest BCUT2D eigenvalue weighted by atomic mass is 19.4. The van der Waals surface area contributed by atoms with Crippen molar-refractivity contribution in [2.75, 3.05) is 30.5 Å². The molecule has 3 aromatic rings. The Morgan fingerprint density at radius 1 is 1.09 bits per heavy atom. The Bertz CT molecular complexity index is 1710. The third-order valence-corrected chi connectivity index (χ3v) is 8.78. The van der Waals surface area contributed by atoms with E-state index in [9.17, 15) is 22.8 Å². The summed E-state index contributed by atoms with van der Waals surface area (Å²) in [7, 11) is 0. The quantitative estimate of drug-likeness (QED) is 0.290. The molecule has 2 N–H and O–H groups in total. The number of anilines is 3. The molecule has 0 spiro atoms. The predicted molar refractivity (Wildman–Crippen MR) is 168 cm³/mol. The minimum atomic E-state index is -4.65. The van der Waals surface area contributed by atoms with Crippen LogP contribution in [0.5, 0.6) is 11.5 Å². The van der Waals surface area contributed by atoms with Crippen LogP contribution in [-0.4, -0.2) is 52.4 Å². The fourth-order valence-corrected chi connectivity index (χ4v) is 6.46. The number of likely N-dealkylation sites (tertiary alicyclic amines) is 1. The van der Waals surface area contributed by atoms with Crippen molar-refractivity contribution in [3.63, 3.8) is 0 Å². The average Bonchev–Trinajstić information content (AvgIpc) is 3.58. The summed E-state index contributed by atoms with van der Waals surface area (Å²) in [5, 5.41) is 5.90. The maximum Gasteiger partial charge on any atom is 0.419 e. The van der Waals surface area contributed by atoms with Gasteiger partial charge in [0.25, 0.3) is 0 Å². The maximum absolute atomic E-state index is 14.0. The summed E-state index contributed by atoms with van der Waals surface area (Å²) >= 11 is 0. The molecular weight excluding hydrogens is 615 g/mol. The Kier molecular flexibility index (Phi) is 8.21. The standard InChI is InChI=1S/C34H38F3N5O5/c1-32(2,3)47-31(44)42-15-13-19(14-16-42)21-10-12-25(28-27(21)45-18-46-28)41-30-38-17-22(34(35,36)37)23(40-30)11-9-20-7-6-8-24-26(20)33(4,5)29(43)39-24/h6-8,10,12,17,19H,9,11,13-16,18H2,1-5H3,(H,39,43)(H,38,40,41). The molecule has 1 aromatic heterocycles. The number of ether oxygens (including phenoxy) is 3. The summed E-state index contributed by atoms with van der Waals surface area (Å²) in [4.78, 5) is 35.1. The van der Waals surface area contributed by atoms with Gasteiger partial charge in [0.15, 0.2) is 11.5 Å². The zero-order chi connectivity index (χ0) is 33.7. The minimum Gasteiger partial charge on any atom is -0.453 e. The van der Waals surface area contributed by atoms with Crippen LogP contribution in [0.25, 0.3) is 0 Å². The molecule has 250 valence electrons. The summed E-state index contributed by atoms with van der Waals surface area (Å²) in [6.07, 6.45) is -2.56. The Morgan fingerprint density at radius 2 is 1.81 bits per heavy atom. The van der Waals surface area contributed by atoms with Gasteiger partial charge in [-0.2, -0.15) is 13.2 Å². The van der Waals surface area contributed by atoms with Gasteiger partial charge in [0, 0.05) is 30.5 Å². The van der Waals surface area contributed by atoms with Crippen LogP contribution < -0.4 is 20.1 Å². The first-order chi connectivity index (χ1) is 22.1. The summed E-state index contributed by atoms with van der Waals surface area (Å²) in [6.45, 7) is 10.2. The van der Waals surface area contributed by atoms with Gasteiger partial charge in [-0.3, -0.25) is 4.79 Å². The normalized spacial score (nSPS) is 17.4. The number of piperidine rings is 1. The molecule has 2 amide bonds. The highest BCUT2D eigenvalue weighted by molar-refractivity contribution is 6.06. The number of nitrogens with zero attached hydrogens (tertiary/aromatic N) is 3. The van der Waals surface area contributed by atoms with Crippen LogP contribution in [-0.2, 0) is 34.0 Å². The molecule has 0 aliphatic carbocycles. The van der Waals surface area contributed by atoms with Crippen LogP contribution in [0.1, 0.15) is 81.3 Å². The molecule has 10 nitrogen and oxygen atoms in total. The van der Waals surface area contributed by atoms with E-state index < -0.39 is 22.8 Å². The van der Waals surface area contributed by atoms with E-state index in [0.29, 0.717) is 48.8 Å². The SMILES string of the molecule is CC(C)(C)OC(=O)N1CCC(c2ccc(Nc3ncc(C(F)(F)F)c(CCc4cccc5c4C(C)(C)C(=O)N5)n3)c3c2OCO3)CC1. The van der Waals surface area contributed by atoms with Gasteiger partial charge < -0.3 is 29.7 Å². The van der Waals surface area contributed by atoms with Crippen LogP contribution in [0.2, 0.25) is 0 Å². The van der Waals surface area contributed by atoms with Crippen LogP contribution >= 0.6 is 0 Å². The van der Waals surface area contributed by atoms with Crippen molar-refractivity contribution < 1.29 is 37.0 Å². The van der Waals surface area contributed by atoms with Gasteiger partial charge in [-0.25, -0.2) is 14.8 Å². The zero-order valence-electron chi connectivity index (χ0n) is 27.0. The van der Waals surface area contributed by atoms with E-state index in [4.69, 9.17) is 14.2 Å². The van der Waals surface area contributed by atoms with Gasteiger partial charge in [-0.05, 0) is 89.5 Å². The van der Waals surface area contributed by atoms with Crippen molar-refractivity contribution in [3.05, 3.63) is 64.5 Å². The Labute approximate surface area is 271 Å². The third-order valence-electron chi connectivity index (χ3n) is 8.78. The highest BCUT2D eigenvalue weighted by Crippen LogP contribution is 2.47. The molecule has 47 heavy (non-hydrogen) atoms. The number of halogens is 3. The fraction of sp³-hybridized carbons (Fsp3) is 0.471. The molecule has 3 aliphatic rings. The lowest BCUT2D eigenvalue weighted by Gasteiger charge is -2.33. The Hall–Kier alpha value is -4.55. The van der Waals surface area contributed by atoms with Gasteiger partial charge in [-0.15, -0.1) is 0 Å². The summed E-state index contributed by atoms with van der Waals surface area (Å²) < 4.78 is 59.3. The second-order valence-electron chi connectivity index (χ2n) is 13.6. The number of hydrogen-bond donors (Lipinski definition) is 2. The van der Waals surface area contributed by atoms with Gasteiger partial charge in [0.05, 0.1) is 22.4 Å². The molecule has 4 heterocycles. The first-order valence-electron chi connectivity index (χ1n) is 15.7.